The molecule has 0 aliphatic rings. The molecule has 4 aromatic rings. The lowest BCUT2D eigenvalue weighted by Gasteiger charge is -2.10. The highest BCUT2D eigenvalue weighted by atomic mass is 32.2. The Morgan fingerprint density at radius 1 is 1.14 bits per heavy atom. The SMILES string of the molecule is Cc1nn2c(SCC(=O)NCc3ccc(F)cc3)nc3ccccc3c2nc1=O. The molecule has 0 unspecified atom stereocenters. The third kappa shape index (κ3) is 4.09. The van der Waals surface area contributed by atoms with E-state index in [-0.39, 0.29) is 23.2 Å². The Hall–Kier alpha value is -3.33. The quantitative estimate of drug-likeness (QED) is 0.310. The molecule has 2 aromatic heterocycles. The van der Waals surface area contributed by atoms with Crippen LogP contribution in [0, 0.1) is 12.7 Å². The Kier molecular flexibility index (Phi) is 5.22. The van der Waals surface area contributed by atoms with Crippen LogP contribution in [0.1, 0.15) is 11.3 Å². The highest BCUT2D eigenvalue weighted by Gasteiger charge is 2.13. The molecule has 0 radical (unpaired) electrons. The molecule has 0 fully saturated rings. The van der Waals surface area contributed by atoms with E-state index in [1.165, 1.54) is 28.4 Å². The fourth-order valence-corrected chi connectivity index (χ4v) is 3.54. The zero-order valence-electron chi connectivity index (χ0n) is 15.4. The molecule has 0 saturated heterocycles. The van der Waals surface area contributed by atoms with E-state index in [1.807, 2.05) is 24.3 Å². The Morgan fingerprint density at radius 2 is 1.90 bits per heavy atom. The minimum absolute atomic E-state index is 0.106. The largest absolute Gasteiger partial charge is 0.351 e. The summed E-state index contributed by atoms with van der Waals surface area (Å²) >= 11 is 1.20. The summed E-state index contributed by atoms with van der Waals surface area (Å²) in [5.74, 6) is -0.415. The molecule has 1 N–H and O–H groups in total. The highest BCUT2D eigenvalue weighted by Crippen LogP contribution is 2.22. The summed E-state index contributed by atoms with van der Waals surface area (Å²) < 4.78 is 14.5. The van der Waals surface area contributed by atoms with Gasteiger partial charge in [0.05, 0.1) is 11.3 Å². The monoisotopic (exact) mass is 409 g/mol. The van der Waals surface area contributed by atoms with E-state index in [0.29, 0.717) is 28.3 Å². The average molecular weight is 409 g/mol. The first-order valence-corrected chi connectivity index (χ1v) is 9.80. The van der Waals surface area contributed by atoms with Gasteiger partial charge in [0.1, 0.15) is 11.5 Å². The maximum Gasteiger partial charge on any atom is 0.294 e. The second kappa shape index (κ2) is 7.96. The summed E-state index contributed by atoms with van der Waals surface area (Å²) in [6.07, 6.45) is 0. The van der Waals surface area contributed by atoms with Crippen molar-refractivity contribution < 1.29 is 9.18 Å². The van der Waals surface area contributed by atoms with Gasteiger partial charge in [-0.25, -0.2) is 9.37 Å². The maximum absolute atomic E-state index is 13.0. The number of fused-ring (bicyclic) bond motifs is 3. The van der Waals surface area contributed by atoms with Crippen molar-refractivity contribution in [3.63, 3.8) is 0 Å². The van der Waals surface area contributed by atoms with Crippen LogP contribution >= 0.6 is 11.8 Å². The van der Waals surface area contributed by atoms with E-state index in [2.05, 4.69) is 20.4 Å². The molecule has 0 saturated carbocycles. The molecule has 0 bridgehead atoms. The molecule has 0 aliphatic heterocycles. The lowest BCUT2D eigenvalue weighted by Crippen LogP contribution is -2.25. The van der Waals surface area contributed by atoms with Crippen molar-refractivity contribution in [3.8, 4) is 0 Å². The summed E-state index contributed by atoms with van der Waals surface area (Å²) in [7, 11) is 0. The number of aromatic nitrogens is 4. The van der Waals surface area contributed by atoms with E-state index in [0.717, 1.165) is 5.56 Å². The van der Waals surface area contributed by atoms with Crippen molar-refractivity contribution >= 4 is 34.2 Å². The average Bonchev–Trinajstić information content (AvgIpc) is 2.72. The van der Waals surface area contributed by atoms with Crippen LogP contribution < -0.4 is 10.9 Å². The number of hydrogen-bond acceptors (Lipinski definition) is 6. The van der Waals surface area contributed by atoms with Crippen LogP contribution in [0.25, 0.3) is 16.6 Å². The van der Waals surface area contributed by atoms with Gasteiger partial charge in [0, 0.05) is 11.9 Å². The fourth-order valence-electron chi connectivity index (χ4n) is 2.76. The standard InChI is InChI=1S/C20H16FN5O2S/c1-12-19(28)24-18-15-4-2-3-5-16(15)23-20(26(18)25-12)29-11-17(27)22-10-13-6-8-14(21)9-7-13/h2-9H,10-11H2,1H3,(H,22,27). The third-order valence-corrected chi connectivity index (χ3v) is 5.17. The van der Waals surface area contributed by atoms with Gasteiger partial charge in [-0.3, -0.25) is 9.59 Å². The van der Waals surface area contributed by atoms with Crippen molar-refractivity contribution in [2.75, 3.05) is 5.75 Å². The molecule has 0 atom stereocenters. The lowest BCUT2D eigenvalue weighted by molar-refractivity contribution is -0.118. The zero-order valence-corrected chi connectivity index (χ0v) is 16.2. The highest BCUT2D eigenvalue weighted by molar-refractivity contribution is 7.99. The van der Waals surface area contributed by atoms with Crippen molar-refractivity contribution in [3.05, 3.63) is 76.0 Å². The number of carbonyl (C=O) groups excluding carboxylic acids is 1. The first-order valence-electron chi connectivity index (χ1n) is 8.81. The summed E-state index contributed by atoms with van der Waals surface area (Å²) in [4.78, 5) is 32.9. The number of halogens is 1. The van der Waals surface area contributed by atoms with Gasteiger partial charge < -0.3 is 5.32 Å². The van der Waals surface area contributed by atoms with Crippen molar-refractivity contribution in [1.29, 1.82) is 0 Å². The minimum Gasteiger partial charge on any atom is -0.351 e. The number of thioether (sulfide) groups is 1. The van der Waals surface area contributed by atoms with E-state index in [4.69, 9.17) is 0 Å². The minimum atomic E-state index is -0.394. The maximum atomic E-state index is 13.0. The van der Waals surface area contributed by atoms with Gasteiger partial charge in [-0.2, -0.15) is 14.6 Å². The normalized spacial score (nSPS) is 11.1. The molecular weight excluding hydrogens is 393 g/mol. The van der Waals surface area contributed by atoms with E-state index >= 15 is 0 Å². The number of hydrogen-bond donors (Lipinski definition) is 1. The van der Waals surface area contributed by atoms with Crippen LogP contribution in [-0.2, 0) is 11.3 Å². The molecular formula is C20H16FN5O2S. The molecule has 0 aliphatic carbocycles. The number of aryl methyl sites for hydroxylation is 1. The van der Waals surface area contributed by atoms with Crippen molar-refractivity contribution in [1.82, 2.24) is 24.9 Å². The second-order valence-corrected chi connectivity index (χ2v) is 7.28. The Balaban J connectivity index is 1.56. The van der Waals surface area contributed by atoms with Gasteiger partial charge in [-0.1, -0.05) is 36.0 Å². The first-order chi connectivity index (χ1) is 14.0. The molecule has 7 nitrogen and oxygen atoms in total. The number of amides is 1. The predicted octanol–water partition coefficient (Wildman–Crippen LogP) is 2.49. The number of carbonyl (C=O) groups is 1. The van der Waals surface area contributed by atoms with Crippen LogP contribution in [0.4, 0.5) is 4.39 Å². The molecule has 2 heterocycles. The van der Waals surface area contributed by atoms with Gasteiger partial charge in [-0.05, 0) is 36.8 Å². The zero-order chi connectivity index (χ0) is 20.4. The molecule has 4 rings (SSSR count). The van der Waals surface area contributed by atoms with Crippen molar-refractivity contribution in [2.45, 2.75) is 18.6 Å². The Labute approximate surface area is 169 Å². The summed E-state index contributed by atoms with van der Waals surface area (Å²) in [5, 5.41) is 8.26. The number of benzene rings is 2. The van der Waals surface area contributed by atoms with Gasteiger partial charge >= 0.3 is 0 Å². The molecule has 146 valence electrons. The van der Waals surface area contributed by atoms with Gasteiger partial charge in [0.25, 0.3) is 5.56 Å². The Morgan fingerprint density at radius 3 is 2.69 bits per heavy atom. The fraction of sp³-hybridized carbons (Fsp3) is 0.150. The van der Waals surface area contributed by atoms with Gasteiger partial charge in [0.2, 0.25) is 5.91 Å². The Bertz CT molecular complexity index is 1270. The number of nitrogens with zero attached hydrogens (tertiary/aromatic N) is 4. The number of rotatable bonds is 5. The van der Waals surface area contributed by atoms with Crippen LogP contribution in [-0.4, -0.2) is 31.2 Å². The number of para-hydroxylation sites is 1. The lowest BCUT2D eigenvalue weighted by atomic mass is 10.2. The predicted molar refractivity (Wildman–Crippen MR) is 108 cm³/mol. The van der Waals surface area contributed by atoms with Crippen molar-refractivity contribution in [2.24, 2.45) is 0 Å². The third-order valence-electron chi connectivity index (χ3n) is 4.25. The van der Waals surface area contributed by atoms with E-state index in [1.54, 1.807) is 19.1 Å². The molecule has 0 spiro atoms. The van der Waals surface area contributed by atoms with E-state index < -0.39 is 5.56 Å². The van der Waals surface area contributed by atoms with Crippen LogP contribution in [0.3, 0.4) is 0 Å². The summed E-state index contributed by atoms with van der Waals surface area (Å²) in [6.45, 7) is 1.89. The van der Waals surface area contributed by atoms with Crippen LogP contribution in [0.5, 0.6) is 0 Å². The molecule has 2 aromatic carbocycles. The first kappa shape index (κ1) is 19.0. The molecule has 1 amide bonds. The molecule has 9 heteroatoms. The van der Waals surface area contributed by atoms with Crippen LogP contribution in [0.15, 0.2) is 58.5 Å². The number of nitrogens with one attached hydrogen (secondary N) is 1. The van der Waals surface area contributed by atoms with Gasteiger partial charge in [-0.15, -0.1) is 0 Å². The smallest absolute Gasteiger partial charge is 0.294 e. The second-order valence-electron chi connectivity index (χ2n) is 6.34. The topological polar surface area (TPSA) is 89.2 Å². The van der Waals surface area contributed by atoms with Gasteiger partial charge in [0.15, 0.2) is 10.8 Å². The summed E-state index contributed by atoms with van der Waals surface area (Å²) in [6, 6.07) is 13.3. The summed E-state index contributed by atoms with van der Waals surface area (Å²) in [5.41, 5.74) is 1.73. The van der Waals surface area contributed by atoms with Crippen LogP contribution in [0.2, 0.25) is 0 Å². The molecule has 29 heavy (non-hydrogen) atoms. The van der Waals surface area contributed by atoms with E-state index in [9.17, 15) is 14.0 Å².